The van der Waals surface area contributed by atoms with Gasteiger partial charge in [-0.15, -0.1) is 0 Å². The number of likely N-dealkylation sites (tertiary alicyclic amines) is 1. The average Bonchev–Trinajstić information content (AvgIpc) is 2.77. The summed E-state index contributed by atoms with van der Waals surface area (Å²) in [7, 11) is 0. The molecular weight excluding hydrogens is 377 g/mol. The Morgan fingerprint density at radius 3 is 2.33 bits per heavy atom. The van der Waals surface area contributed by atoms with Crippen LogP contribution in [0.5, 0.6) is 0 Å². The third kappa shape index (κ3) is 4.41. The lowest BCUT2D eigenvalue weighted by Gasteiger charge is -2.39. The Hall–Kier alpha value is -3.05. The minimum Gasteiger partial charge on any atom is -0.369 e. The van der Waals surface area contributed by atoms with E-state index in [1.807, 2.05) is 48.5 Å². The monoisotopic (exact) mass is 403 g/mol. The van der Waals surface area contributed by atoms with Gasteiger partial charge in [-0.2, -0.15) is 0 Å². The van der Waals surface area contributed by atoms with Gasteiger partial charge in [-0.05, 0) is 61.7 Å². The van der Waals surface area contributed by atoms with Crippen LogP contribution in [0.2, 0.25) is 0 Å². The molecule has 154 valence electrons. The summed E-state index contributed by atoms with van der Waals surface area (Å²) < 4.78 is 14.0. The molecule has 0 unspecified atom stereocenters. The summed E-state index contributed by atoms with van der Waals surface area (Å²) in [4.78, 5) is 19.1. The van der Waals surface area contributed by atoms with E-state index in [1.54, 1.807) is 18.3 Å². The first-order valence-corrected chi connectivity index (χ1v) is 10.3. The summed E-state index contributed by atoms with van der Waals surface area (Å²) >= 11 is 0. The molecule has 2 heterocycles. The molecule has 0 bridgehead atoms. The molecule has 2 aromatic carbocycles. The third-order valence-electron chi connectivity index (χ3n) is 6.13. The molecule has 1 aromatic heterocycles. The van der Waals surface area contributed by atoms with Crippen molar-refractivity contribution in [2.24, 2.45) is 11.1 Å². The van der Waals surface area contributed by atoms with Crippen LogP contribution in [0.25, 0.3) is 11.1 Å². The Bertz CT molecular complexity index is 996. The van der Waals surface area contributed by atoms with Crippen LogP contribution in [0.1, 0.15) is 24.1 Å². The maximum Gasteiger partial charge on any atom is 0.224 e. The molecule has 1 amide bonds. The molecule has 5 heteroatoms. The molecule has 1 aliphatic rings. The van der Waals surface area contributed by atoms with Gasteiger partial charge < -0.3 is 5.73 Å². The van der Waals surface area contributed by atoms with Gasteiger partial charge in [0.1, 0.15) is 5.82 Å². The molecule has 0 radical (unpaired) electrons. The first-order valence-electron chi connectivity index (χ1n) is 10.3. The largest absolute Gasteiger partial charge is 0.369 e. The van der Waals surface area contributed by atoms with Gasteiger partial charge in [-0.25, -0.2) is 4.39 Å². The van der Waals surface area contributed by atoms with Crippen molar-refractivity contribution < 1.29 is 9.18 Å². The maximum absolute atomic E-state index is 14.0. The van der Waals surface area contributed by atoms with Gasteiger partial charge >= 0.3 is 0 Å². The van der Waals surface area contributed by atoms with Gasteiger partial charge in [0.25, 0.3) is 0 Å². The first kappa shape index (κ1) is 20.2. The highest BCUT2D eigenvalue weighted by molar-refractivity contribution is 5.81. The van der Waals surface area contributed by atoms with Crippen molar-refractivity contribution in [1.82, 2.24) is 9.88 Å². The quantitative estimate of drug-likeness (QED) is 0.671. The second-order valence-corrected chi connectivity index (χ2v) is 8.10. The highest BCUT2D eigenvalue weighted by Crippen LogP contribution is 2.36. The van der Waals surface area contributed by atoms with Gasteiger partial charge in [0.15, 0.2) is 0 Å². The van der Waals surface area contributed by atoms with Gasteiger partial charge in [0.05, 0.1) is 11.1 Å². The molecule has 4 rings (SSSR count). The predicted molar refractivity (Wildman–Crippen MR) is 116 cm³/mol. The lowest BCUT2D eigenvalue weighted by Crippen LogP contribution is -2.48. The number of carbonyl (C=O) groups is 1. The minimum absolute atomic E-state index is 0.237. The number of amides is 1. The Morgan fingerprint density at radius 1 is 1.00 bits per heavy atom. The van der Waals surface area contributed by atoms with E-state index < -0.39 is 5.41 Å². The number of nitrogens with two attached hydrogens (primary N) is 1. The molecule has 0 saturated carbocycles. The molecule has 0 spiro atoms. The number of hydrogen-bond acceptors (Lipinski definition) is 3. The molecule has 1 fully saturated rings. The fourth-order valence-electron chi connectivity index (χ4n) is 4.26. The molecule has 3 aromatic rings. The minimum atomic E-state index is -0.542. The van der Waals surface area contributed by atoms with E-state index in [1.165, 1.54) is 6.07 Å². The van der Waals surface area contributed by atoms with Gasteiger partial charge in [-0.3, -0.25) is 14.7 Å². The smallest absolute Gasteiger partial charge is 0.224 e. The van der Waals surface area contributed by atoms with E-state index in [0.717, 1.165) is 49.3 Å². The molecule has 2 N–H and O–H groups in total. The van der Waals surface area contributed by atoms with Gasteiger partial charge in [0.2, 0.25) is 5.91 Å². The highest BCUT2D eigenvalue weighted by atomic mass is 19.1. The maximum atomic E-state index is 14.0. The zero-order chi connectivity index (χ0) is 21.0. The van der Waals surface area contributed by atoms with E-state index in [4.69, 9.17) is 5.73 Å². The van der Waals surface area contributed by atoms with Crippen molar-refractivity contribution in [3.05, 3.63) is 90.0 Å². The number of benzene rings is 2. The van der Waals surface area contributed by atoms with Gasteiger partial charge in [-0.1, -0.05) is 48.5 Å². The van der Waals surface area contributed by atoms with E-state index >= 15 is 0 Å². The topological polar surface area (TPSA) is 59.2 Å². The van der Waals surface area contributed by atoms with Crippen molar-refractivity contribution in [3.63, 3.8) is 0 Å². The molecule has 0 aliphatic carbocycles. The Kier molecular flexibility index (Phi) is 5.91. The Balaban J connectivity index is 1.44. The molecule has 30 heavy (non-hydrogen) atoms. The van der Waals surface area contributed by atoms with Crippen LogP contribution in [-0.4, -0.2) is 28.9 Å². The van der Waals surface area contributed by atoms with Crippen molar-refractivity contribution >= 4 is 5.91 Å². The molecular formula is C25H26FN3O. The van der Waals surface area contributed by atoms with Crippen molar-refractivity contribution in [2.75, 3.05) is 13.1 Å². The van der Waals surface area contributed by atoms with E-state index in [0.29, 0.717) is 12.0 Å². The predicted octanol–water partition coefficient (Wildman–Crippen LogP) is 4.20. The molecule has 0 atom stereocenters. The SMILES string of the molecule is NC(=O)C1(Cc2ccc(-c3ccccc3F)cc2)CCN(Cc2ccccn2)CC1. The summed E-state index contributed by atoms with van der Waals surface area (Å²) in [5.41, 5.74) is 8.82. The lowest BCUT2D eigenvalue weighted by atomic mass is 9.73. The zero-order valence-corrected chi connectivity index (χ0v) is 16.9. The number of hydrogen-bond donors (Lipinski definition) is 1. The number of aromatic nitrogens is 1. The van der Waals surface area contributed by atoms with Crippen LogP contribution in [0.4, 0.5) is 4.39 Å². The first-order chi connectivity index (χ1) is 14.6. The lowest BCUT2D eigenvalue weighted by molar-refractivity contribution is -0.130. The number of carbonyl (C=O) groups excluding carboxylic acids is 1. The summed E-state index contributed by atoms with van der Waals surface area (Å²) in [5.74, 6) is -0.475. The zero-order valence-electron chi connectivity index (χ0n) is 16.9. The van der Waals surface area contributed by atoms with Crippen LogP contribution in [-0.2, 0) is 17.8 Å². The second-order valence-electron chi connectivity index (χ2n) is 8.10. The fourth-order valence-corrected chi connectivity index (χ4v) is 4.26. The normalized spacial score (nSPS) is 16.3. The molecule has 4 nitrogen and oxygen atoms in total. The number of nitrogens with zero attached hydrogens (tertiary/aromatic N) is 2. The van der Waals surface area contributed by atoms with E-state index in [9.17, 15) is 9.18 Å². The Labute approximate surface area is 176 Å². The van der Waals surface area contributed by atoms with Crippen LogP contribution in [0, 0.1) is 11.2 Å². The fraction of sp³-hybridized carbons (Fsp3) is 0.280. The van der Waals surface area contributed by atoms with Crippen molar-refractivity contribution in [3.8, 4) is 11.1 Å². The summed E-state index contributed by atoms with van der Waals surface area (Å²) in [6.07, 6.45) is 3.86. The van der Waals surface area contributed by atoms with Crippen molar-refractivity contribution in [1.29, 1.82) is 0 Å². The second kappa shape index (κ2) is 8.76. The highest BCUT2D eigenvalue weighted by Gasteiger charge is 2.39. The van der Waals surface area contributed by atoms with E-state index in [2.05, 4.69) is 9.88 Å². The van der Waals surface area contributed by atoms with Crippen LogP contribution >= 0.6 is 0 Å². The van der Waals surface area contributed by atoms with Crippen LogP contribution in [0.15, 0.2) is 72.9 Å². The standard InChI is InChI=1S/C25H26FN3O/c26-23-7-2-1-6-22(23)20-10-8-19(9-11-20)17-25(24(27)30)12-15-29(16-13-25)18-21-5-3-4-14-28-21/h1-11,14H,12-13,15-18H2,(H2,27,30). The molecule has 1 saturated heterocycles. The average molecular weight is 404 g/mol. The van der Waals surface area contributed by atoms with Gasteiger partial charge in [0, 0.05) is 18.3 Å². The van der Waals surface area contributed by atoms with E-state index in [-0.39, 0.29) is 11.7 Å². The summed E-state index contributed by atoms with van der Waals surface area (Å²) in [6, 6.07) is 20.5. The number of rotatable bonds is 6. The summed E-state index contributed by atoms with van der Waals surface area (Å²) in [6.45, 7) is 2.41. The van der Waals surface area contributed by atoms with Crippen molar-refractivity contribution in [2.45, 2.75) is 25.8 Å². The summed E-state index contributed by atoms with van der Waals surface area (Å²) in [5, 5.41) is 0. The number of halogens is 1. The number of pyridine rings is 1. The number of piperidine rings is 1. The van der Waals surface area contributed by atoms with Crippen LogP contribution in [0.3, 0.4) is 0 Å². The Morgan fingerprint density at radius 2 is 1.70 bits per heavy atom. The third-order valence-corrected chi connectivity index (χ3v) is 6.13. The van der Waals surface area contributed by atoms with Crippen LogP contribution < -0.4 is 5.73 Å². The molecule has 1 aliphatic heterocycles. The number of primary amides is 1.